The Hall–Kier alpha value is -2.55. The van der Waals surface area contributed by atoms with Crippen molar-refractivity contribution < 1.29 is 9.53 Å². The molecule has 0 aromatic heterocycles. The van der Waals surface area contributed by atoms with Crippen molar-refractivity contribution in [2.45, 2.75) is 26.8 Å². The Kier molecular flexibility index (Phi) is 5.58. The molecule has 2 aromatic carbocycles. The molecule has 3 nitrogen and oxygen atoms in total. The Morgan fingerprint density at radius 1 is 1.22 bits per heavy atom. The predicted molar refractivity (Wildman–Crippen MR) is 93.9 cm³/mol. The van der Waals surface area contributed by atoms with Crippen LogP contribution in [0.1, 0.15) is 40.0 Å². The van der Waals surface area contributed by atoms with Crippen LogP contribution in [0.2, 0.25) is 0 Å². The van der Waals surface area contributed by atoms with Crippen molar-refractivity contribution in [2.75, 3.05) is 6.61 Å². The fourth-order valence-electron chi connectivity index (χ4n) is 2.44. The topological polar surface area (TPSA) is 38.3 Å². The summed E-state index contributed by atoms with van der Waals surface area (Å²) in [7, 11) is 0. The molecular formula is C20H23NO2. The summed E-state index contributed by atoms with van der Waals surface area (Å²) < 4.78 is 5.42. The summed E-state index contributed by atoms with van der Waals surface area (Å²) in [5, 5.41) is 3.05. The van der Waals surface area contributed by atoms with Crippen LogP contribution in [0.25, 0.3) is 0 Å². The highest BCUT2D eigenvalue weighted by molar-refractivity contribution is 5.94. The van der Waals surface area contributed by atoms with E-state index < -0.39 is 0 Å². The highest BCUT2D eigenvalue weighted by Crippen LogP contribution is 2.20. The van der Waals surface area contributed by atoms with Crippen LogP contribution in [0.4, 0.5) is 0 Å². The van der Waals surface area contributed by atoms with E-state index in [9.17, 15) is 4.79 Å². The van der Waals surface area contributed by atoms with Gasteiger partial charge in [-0.05, 0) is 56.2 Å². The van der Waals surface area contributed by atoms with Crippen molar-refractivity contribution in [3.05, 3.63) is 77.4 Å². The minimum Gasteiger partial charge on any atom is -0.490 e. The second-order valence-corrected chi connectivity index (χ2v) is 5.68. The lowest BCUT2D eigenvalue weighted by molar-refractivity contribution is 0.0940. The van der Waals surface area contributed by atoms with Gasteiger partial charge in [0.1, 0.15) is 12.4 Å². The van der Waals surface area contributed by atoms with Gasteiger partial charge >= 0.3 is 0 Å². The average Bonchev–Trinajstić information content (AvgIpc) is 2.55. The van der Waals surface area contributed by atoms with Crippen LogP contribution < -0.4 is 10.1 Å². The van der Waals surface area contributed by atoms with Crippen LogP contribution in [0, 0.1) is 13.8 Å². The number of rotatable bonds is 6. The molecule has 1 atom stereocenters. The molecule has 0 saturated carbocycles. The van der Waals surface area contributed by atoms with Gasteiger partial charge in [0, 0.05) is 5.56 Å². The lowest BCUT2D eigenvalue weighted by Crippen LogP contribution is -2.27. The van der Waals surface area contributed by atoms with Crippen LogP contribution in [-0.4, -0.2) is 12.5 Å². The largest absolute Gasteiger partial charge is 0.490 e. The monoisotopic (exact) mass is 309 g/mol. The second kappa shape index (κ2) is 7.63. The molecule has 1 amide bonds. The lowest BCUT2D eigenvalue weighted by Gasteiger charge is -2.17. The van der Waals surface area contributed by atoms with E-state index in [1.165, 1.54) is 11.1 Å². The van der Waals surface area contributed by atoms with Gasteiger partial charge in [-0.2, -0.15) is 0 Å². The summed E-state index contributed by atoms with van der Waals surface area (Å²) in [6.45, 7) is 10.2. The fourth-order valence-corrected chi connectivity index (χ4v) is 2.44. The van der Waals surface area contributed by atoms with Crippen LogP contribution >= 0.6 is 0 Å². The first kappa shape index (κ1) is 16.8. The van der Waals surface area contributed by atoms with Gasteiger partial charge in [0.05, 0.1) is 6.04 Å². The Labute approximate surface area is 138 Å². The molecular weight excluding hydrogens is 286 g/mol. The van der Waals surface area contributed by atoms with Crippen molar-refractivity contribution in [1.29, 1.82) is 0 Å². The molecule has 0 fully saturated rings. The Balaban J connectivity index is 2.06. The molecule has 0 radical (unpaired) electrons. The maximum Gasteiger partial charge on any atom is 0.251 e. The number of nitrogens with one attached hydrogen (secondary N) is 1. The number of benzene rings is 2. The van der Waals surface area contributed by atoms with Gasteiger partial charge in [-0.1, -0.05) is 36.4 Å². The maximum atomic E-state index is 12.4. The normalized spacial score (nSPS) is 11.6. The predicted octanol–water partition coefficient (Wildman–Crippen LogP) is 4.36. The molecule has 0 spiro atoms. The Bertz CT molecular complexity index is 689. The molecule has 1 N–H and O–H groups in total. The summed E-state index contributed by atoms with van der Waals surface area (Å²) in [6.07, 6.45) is 1.69. The quantitative estimate of drug-likeness (QED) is 0.805. The molecule has 1 unspecified atom stereocenters. The highest BCUT2D eigenvalue weighted by atomic mass is 16.5. The number of carbonyl (C=O) groups is 1. The molecule has 0 saturated heterocycles. The molecule has 0 bridgehead atoms. The van der Waals surface area contributed by atoms with E-state index >= 15 is 0 Å². The highest BCUT2D eigenvalue weighted by Gasteiger charge is 2.13. The van der Waals surface area contributed by atoms with E-state index in [0.717, 1.165) is 11.3 Å². The third-order valence-electron chi connectivity index (χ3n) is 3.73. The SMILES string of the molecule is C=CCOc1ccc(C(=O)NC(C)c2cc(C)ccc2C)cc1. The number of hydrogen-bond acceptors (Lipinski definition) is 2. The fraction of sp³-hybridized carbons (Fsp3) is 0.250. The number of amides is 1. The van der Waals surface area contributed by atoms with Crippen molar-refractivity contribution in [1.82, 2.24) is 5.32 Å². The number of carbonyl (C=O) groups excluding carboxylic acids is 1. The third-order valence-corrected chi connectivity index (χ3v) is 3.73. The Morgan fingerprint density at radius 2 is 1.91 bits per heavy atom. The van der Waals surface area contributed by atoms with E-state index in [0.29, 0.717) is 12.2 Å². The van der Waals surface area contributed by atoms with E-state index in [1.807, 2.05) is 6.92 Å². The second-order valence-electron chi connectivity index (χ2n) is 5.68. The van der Waals surface area contributed by atoms with Gasteiger partial charge in [-0.15, -0.1) is 0 Å². The minimum atomic E-state index is -0.0892. The van der Waals surface area contributed by atoms with Crippen LogP contribution in [-0.2, 0) is 0 Å². The molecule has 0 aliphatic carbocycles. The first-order chi connectivity index (χ1) is 11.0. The van der Waals surface area contributed by atoms with Crippen molar-refractivity contribution >= 4 is 5.91 Å². The van der Waals surface area contributed by atoms with Gasteiger partial charge in [-0.3, -0.25) is 4.79 Å². The van der Waals surface area contributed by atoms with Gasteiger partial charge < -0.3 is 10.1 Å². The van der Waals surface area contributed by atoms with E-state index in [4.69, 9.17) is 4.74 Å². The van der Waals surface area contributed by atoms with Gasteiger partial charge in [0.15, 0.2) is 0 Å². The van der Waals surface area contributed by atoms with Crippen molar-refractivity contribution in [2.24, 2.45) is 0 Å². The summed E-state index contributed by atoms with van der Waals surface area (Å²) in [5.74, 6) is 0.637. The molecule has 3 heteroatoms. The maximum absolute atomic E-state index is 12.4. The number of aryl methyl sites for hydroxylation is 2. The molecule has 0 aliphatic heterocycles. The first-order valence-corrected chi connectivity index (χ1v) is 7.73. The third kappa shape index (κ3) is 4.46. The summed E-state index contributed by atoms with van der Waals surface area (Å²) in [5.41, 5.74) is 4.13. The zero-order valence-corrected chi connectivity index (χ0v) is 13.9. The average molecular weight is 309 g/mol. The van der Waals surface area contributed by atoms with Crippen molar-refractivity contribution in [3.8, 4) is 5.75 Å². The first-order valence-electron chi connectivity index (χ1n) is 7.73. The summed E-state index contributed by atoms with van der Waals surface area (Å²) >= 11 is 0. The van der Waals surface area contributed by atoms with Crippen LogP contribution in [0.3, 0.4) is 0 Å². The smallest absolute Gasteiger partial charge is 0.251 e. The molecule has 2 aromatic rings. The zero-order valence-electron chi connectivity index (χ0n) is 13.9. The minimum absolute atomic E-state index is 0.0425. The molecule has 0 heterocycles. The lowest BCUT2D eigenvalue weighted by atomic mass is 10.00. The van der Waals surface area contributed by atoms with E-state index in [1.54, 1.807) is 30.3 Å². The Morgan fingerprint density at radius 3 is 2.57 bits per heavy atom. The standard InChI is InChI=1S/C20H23NO2/c1-5-12-23-18-10-8-17(9-11-18)20(22)21-16(4)19-13-14(2)6-7-15(19)3/h5-11,13,16H,1,12H2,2-4H3,(H,21,22). The van der Waals surface area contributed by atoms with E-state index in [-0.39, 0.29) is 11.9 Å². The molecule has 0 aliphatic rings. The zero-order chi connectivity index (χ0) is 16.8. The summed E-state index contributed by atoms with van der Waals surface area (Å²) in [4.78, 5) is 12.4. The number of ether oxygens (including phenoxy) is 1. The number of hydrogen-bond donors (Lipinski definition) is 1. The summed E-state index contributed by atoms with van der Waals surface area (Å²) in [6, 6.07) is 13.4. The van der Waals surface area contributed by atoms with Crippen LogP contribution in [0.5, 0.6) is 5.75 Å². The van der Waals surface area contributed by atoms with Gasteiger partial charge in [-0.25, -0.2) is 0 Å². The van der Waals surface area contributed by atoms with Crippen LogP contribution in [0.15, 0.2) is 55.1 Å². The van der Waals surface area contributed by atoms with Gasteiger partial charge in [0.2, 0.25) is 0 Å². The van der Waals surface area contributed by atoms with Crippen molar-refractivity contribution in [3.63, 3.8) is 0 Å². The van der Waals surface area contributed by atoms with E-state index in [2.05, 4.69) is 43.9 Å². The molecule has 2 rings (SSSR count). The van der Waals surface area contributed by atoms with Gasteiger partial charge in [0.25, 0.3) is 5.91 Å². The molecule has 23 heavy (non-hydrogen) atoms. The molecule has 120 valence electrons.